The van der Waals surface area contributed by atoms with Crippen molar-refractivity contribution in [2.75, 3.05) is 31.5 Å². The van der Waals surface area contributed by atoms with Gasteiger partial charge in [0.05, 0.1) is 17.4 Å². The number of piperidine rings is 1. The molecule has 11 heteroatoms. The SMILES string of the molecule is Fc1ccc(F)c([C@H]2CNC[C@@H]2Nc2ncc(OC(c3ncc(Cl)cn3)C3CCNCC3)cn2)c1. The monoisotopic (exact) mass is 501 g/mol. The van der Waals surface area contributed by atoms with Crippen LogP contribution in [0.25, 0.3) is 0 Å². The third-order valence-corrected chi connectivity index (χ3v) is 6.68. The maximum absolute atomic E-state index is 14.3. The molecule has 0 radical (unpaired) electrons. The predicted molar refractivity (Wildman–Crippen MR) is 127 cm³/mol. The van der Waals surface area contributed by atoms with Crippen molar-refractivity contribution in [3.63, 3.8) is 0 Å². The van der Waals surface area contributed by atoms with E-state index < -0.39 is 11.6 Å². The Morgan fingerprint density at radius 1 is 0.971 bits per heavy atom. The number of benzene rings is 1. The molecule has 4 heterocycles. The minimum Gasteiger partial charge on any atom is -0.479 e. The molecule has 2 aliphatic rings. The van der Waals surface area contributed by atoms with E-state index >= 15 is 0 Å². The Balaban J connectivity index is 1.29. The van der Waals surface area contributed by atoms with Crippen molar-refractivity contribution in [2.24, 2.45) is 5.92 Å². The summed E-state index contributed by atoms with van der Waals surface area (Å²) in [6.07, 6.45) is 7.85. The summed E-state index contributed by atoms with van der Waals surface area (Å²) in [5.74, 6) is 0.547. The Labute approximate surface area is 206 Å². The van der Waals surface area contributed by atoms with E-state index in [1.165, 1.54) is 6.07 Å². The molecule has 3 atom stereocenters. The lowest BCUT2D eigenvalue weighted by Crippen LogP contribution is -2.33. The zero-order valence-corrected chi connectivity index (χ0v) is 19.7. The summed E-state index contributed by atoms with van der Waals surface area (Å²) in [4.78, 5) is 17.6. The molecule has 0 spiro atoms. The van der Waals surface area contributed by atoms with Gasteiger partial charge in [0.2, 0.25) is 5.95 Å². The topological polar surface area (TPSA) is 96.9 Å². The smallest absolute Gasteiger partial charge is 0.223 e. The standard InChI is InChI=1S/C24H26ClF2N7O/c25-15-8-30-23(31-9-15)22(14-3-5-28-6-4-14)35-17-10-32-24(33-11-17)34-21-13-29-12-19(21)18-7-16(26)1-2-20(18)27/h1-2,7-11,14,19,21-22,28-29H,3-6,12-13H2,(H,32,33,34)/t19-,21+,22?/m1/s1. The Morgan fingerprint density at radius 3 is 2.46 bits per heavy atom. The van der Waals surface area contributed by atoms with Crippen LogP contribution >= 0.6 is 11.6 Å². The number of anilines is 1. The first-order valence-electron chi connectivity index (χ1n) is 11.7. The van der Waals surface area contributed by atoms with Crippen LogP contribution in [0, 0.1) is 17.6 Å². The van der Waals surface area contributed by atoms with Crippen molar-refractivity contribution in [1.29, 1.82) is 0 Å². The van der Waals surface area contributed by atoms with Gasteiger partial charge < -0.3 is 20.7 Å². The molecule has 2 aliphatic heterocycles. The average Bonchev–Trinajstić information content (AvgIpc) is 3.34. The van der Waals surface area contributed by atoms with Crippen molar-refractivity contribution in [3.05, 3.63) is 71.0 Å². The fraction of sp³-hybridized carbons (Fsp3) is 0.417. The van der Waals surface area contributed by atoms with E-state index in [0.29, 0.717) is 41.2 Å². The van der Waals surface area contributed by atoms with Gasteiger partial charge in [0.25, 0.3) is 0 Å². The van der Waals surface area contributed by atoms with Gasteiger partial charge in [0, 0.05) is 43.4 Å². The molecule has 8 nitrogen and oxygen atoms in total. The number of nitrogens with one attached hydrogen (secondary N) is 3. The summed E-state index contributed by atoms with van der Waals surface area (Å²) in [7, 11) is 0. The number of rotatable bonds is 7. The normalized spacial score (nSPS) is 21.6. The lowest BCUT2D eigenvalue weighted by molar-refractivity contribution is 0.104. The van der Waals surface area contributed by atoms with Crippen LogP contribution in [0.5, 0.6) is 5.75 Å². The van der Waals surface area contributed by atoms with E-state index in [1.807, 2.05) is 0 Å². The third kappa shape index (κ3) is 5.66. The molecule has 1 unspecified atom stereocenters. The van der Waals surface area contributed by atoms with Crippen LogP contribution in [-0.4, -0.2) is 52.2 Å². The molecule has 2 saturated heterocycles. The summed E-state index contributed by atoms with van der Waals surface area (Å²) >= 11 is 5.97. The van der Waals surface area contributed by atoms with E-state index in [0.717, 1.165) is 38.1 Å². The Hall–Kier alpha value is -2.95. The molecular weight excluding hydrogens is 476 g/mol. The zero-order chi connectivity index (χ0) is 24.2. The lowest BCUT2D eigenvalue weighted by Gasteiger charge is -2.30. The summed E-state index contributed by atoms with van der Waals surface area (Å²) in [6.45, 7) is 2.91. The molecule has 184 valence electrons. The molecule has 5 rings (SSSR count). The number of nitrogens with zero attached hydrogens (tertiary/aromatic N) is 4. The lowest BCUT2D eigenvalue weighted by atomic mass is 9.91. The molecule has 0 aliphatic carbocycles. The minimum absolute atomic E-state index is 0.192. The Kier molecular flexibility index (Phi) is 7.31. The van der Waals surface area contributed by atoms with Gasteiger partial charge in [-0.2, -0.15) is 0 Å². The number of hydrogen-bond donors (Lipinski definition) is 3. The second-order valence-corrected chi connectivity index (χ2v) is 9.25. The first kappa shape index (κ1) is 23.8. The maximum atomic E-state index is 14.3. The summed E-state index contributed by atoms with van der Waals surface area (Å²) in [5.41, 5.74) is 0.334. The van der Waals surface area contributed by atoms with Crippen LogP contribution in [0.4, 0.5) is 14.7 Å². The first-order chi connectivity index (χ1) is 17.1. The molecule has 3 aromatic rings. The van der Waals surface area contributed by atoms with E-state index in [4.69, 9.17) is 16.3 Å². The second kappa shape index (κ2) is 10.8. The van der Waals surface area contributed by atoms with Gasteiger partial charge in [-0.15, -0.1) is 0 Å². The fourth-order valence-electron chi connectivity index (χ4n) is 4.70. The molecule has 3 N–H and O–H groups in total. The summed E-state index contributed by atoms with van der Waals surface area (Å²) in [6, 6.07) is 3.34. The fourth-order valence-corrected chi connectivity index (χ4v) is 4.79. The molecule has 2 fully saturated rings. The molecule has 0 saturated carbocycles. The highest BCUT2D eigenvalue weighted by Crippen LogP contribution is 2.32. The molecular formula is C24H26ClF2N7O. The van der Waals surface area contributed by atoms with E-state index in [9.17, 15) is 8.78 Å². The molecule has 2 aromatic heterocycles. The van der Waals surface area contributed by atoms with Gasteiger partial charge in [-0.3, -0.25) is 0 Å². The maximum Gasteiger partial charge on any atom is 0.223 e. The Morgan fingerprint density at radius 2 is 1.71 bits per heavy atom. The van der Waals surface area contributed by atoms with Crippen LogP contribution in [0.15, 0.2) is 43.0 Å². The van der Waals surface area contributed by atoms with Crippen LogP contribution in [0.1, 0.15) is 36.3 Å². The van der Waals surface area contributed by atoms with Crippen LogP contribution in [0.2, 0.25) is 5.02 Å². The van der Waals surface area contributed by atoms with Crippen molar-refractivity contribution in [1.82, 2.24) is 30.6 Å². The summed E-state index contributed by atoms with van der Waals surface area (Å²) < 4.78 is 34.3. The minimum atomic E-state index is -0.460. The van der Waals surface area contributed by atoms with Crippen molar-refractivity contribution in [2.45, 2.75) is 30.9 Å². The largest absolute Gasteiger partial charge is 0.479 e. The highest BCUT2D eigenvalue weighted by Gasteiger charge is 2.32. The second-order valence-electron chi connectivity index (χ2n) is 8.81. The highest BCUT2D eigenvalue weighted by molar-refractivity contribution is 6.30. The third-order valence-electron chi connectivity index (χ3n) is 6.48. The molecule has 1 aromatic carbocycles. The average molecular weight is 502 g/mol. The summed E-state index contributed by atoms with van der Waals surface area (Å²) in [5, 5.41) is 10.3. The van der Waals surface area contributed by atoms with Gasteiger partial charge in [-0.05, 0) is 49.7 Å². The van der Waals surface area contributed by atoms with Gasteiger partial charge in [0.1, 0.15) is 11.6 Å². The van der Waals surface area contributed by atoms with E-state index in [2.05, 4.69) is 35.9 Å². The number of ether oxygens (including phenoxy) is 1. The van der Waals surface area contributed by atoms with Crippen molar-refractivity contribution in [3.8, 4) is 5.75 Å². The molecule has 0 bridgehead atoms. The van der Waals surface area contributed by atoms with Crippen molar-refractivity contribution < 1.29 is 13.5 Å². The van der Waals surface area contributed by atoms with E-state index in [-0.39, 0.29) is 24.0 Å². The highest BCUT2D eigenvalue weighted by atomic mass is 35.5. The van der Waals surface area contributed by atoms with Gasteiger partial charge in [-0.25, -0.2) is 28.7 Å². The van der Waals surface area contributed by atoms with Gasteiger partial charge in [0.15, 0.2) is 17.7 Å². The number of aromatic nitrogens is 4. The van der Waals surface area contributed by atoms with E-state index in [1.54, 1.807) is 24.8 Å². The first-order valence-corrected chi connectivity index (χ1v) is 12.0. The predicted octanol–water partition coefficient (Wildman–Crippen LogP) is 3.49. The zero-order valence-electron chi connectivity index (χ0n) is 18.9. The van der Waals surface area contributed by atoms with Crippen LogP contribution in [0.3, 0.4) is 0 Å². The number of hydrogen-bond acceptors (Lipinski definition) is 8. The molecule has 35 heavy (non-hydrogen) atoms. The van der Waals surface area contributed by atoms with Gasteiger partial charge >= 0.3 is 0 Å². The van der Waals surface area contributed by atoms with Crippen LogP contribution < -0.4 is 20.7 Å². The van der Waals surface area contributed by atoms with Gasteiger partial charge in [-0.1, -0.05) is 11.6 Å². The molecule has 0 amide bonds. The van der Waals surface area contributed by atoms with Crippen LogP contribution in [-0.2, 0) is 0 Å². The Bertz CT molecular complexity index is 1130. The number of halogens is 3. The quantitative estimate of drug-likeness (QED) is 0.453. The van der Waals surface area contributed by atoms with Crippen molar-refractivity contribution >= 4 is 17.5 Å².